The number of rotatable bonds is 7. The first-order chi connectivity index (χ1) is 11.5. The highest BCUT2D eigenvalue weighted by Crippen LogP contribution is 2.28. The van der Waals surface area contributed by atoms with Gasteiger partial charge in [-0.2, -0.15) is 0 Å². The molecule has 4 heteroatoms. The van der Waals surface area contributed by atoms with Gasteiger partial charge in [-0.25, -0.2) is 0 Å². The number of nitrogens with two attached hydrogens (primary N) is 1. The lowest BCUT2D eigenvalue weighted by Crippen LogP contribution is -2.43. The molecule has 2 rings (SSSR count). The van der Waals surface area contributed by atoms with Crippen molar-refractivity contribution in [1.29, 1.82) is 0 Å². The van der Waals surface area contributed by atoms with Gasteiger partial charge in [-0.3, -0.25) is 9.59 Å². The molecule has 0 saturated heterocycles. The Bertz CT molecular complexity index is 629. The molecule has 0 aliphatic heterocycles. The number of carbonyl (C=O) groups is 2. The van der Waals surface area contributed by atoms with E-state index in [-0.39, 0.29) is 24.4 Å². The fourth-order valence-electron chi connectivity index (χ4n) is 2.82. The molecule has 2 aromatic carbocycles. The van der Waals surface area contributed by atoms with E-state index in [4.69, 9.17) is 5.73 Å². The van der Waals surface area contributed by atoms with Crippen molar-refractivity contribution in [3.63, 3.8) is 0 Å². The molecule has 0 aromatic heterocycles. The van der Waals surface area contributed by atoms with Crippen molar-refractivity contribution < 1.29 is 9.59 Å². The molecule has 0 heterocycles. The van der Waals surface area contributed by atoms with Crippen LogP contribution in [0.1, 0.15) is 37.3 Å². The maximum Gasteiger partial charge on any atom is 0.237 e. The second-order valence-electron chi connectivity index (χ2n) is 6.16. The van der Waals surface area contributed by atoms with E-state index in [0.717, 1.165) is 11.1 Å². The molecule has 0 aliphatic carbocycles. The zero-order valence-electron chi connectivity index (χ0n) is 14.2. The molecule has 0 atom stereocenters. The monoisotopic (exact) mass is 324 g/mol. The van der Waals surface area contributed by atoms with Crippen molar-refractivity contribution in [3.05, 3.63) is 71.8 Å². The van der Waals surface area contributed by atoms with Crippen molar-refractivity contribution in [2.24, 2.45) is 5.73 Å². The predicted octanol–water partition coefficient (Wildman–Crippen LogP) is 2.93. The summed E-state index contributed by atoms with van der Waals surface area (Å²) in [6.07, 6.45) is 0.305. The van der Waals surface area contributed by atoms with E-state index in [2.05, 4.69) is 0 Å². The van der Waals surface area contributed by atoms with E-state index < -0.39 is 5.91 Å². The zero-order valence-corrected chi connectivity index (χ0v) is 14.2. The molecule has 0 radical (unpaired) electrons. The number of amides is 2. The molecule has 0 fully saturated rings. The lowest BCUT2D eigenvalue weighted by Gasteiger charge is -2.28. The number of carbonyl (C=O) groups excluding carboxylic acids is 2. The third kappa shape index (κ3) is 4.69. The SMILES string of the molecule is CC(C)N(CC(N)=O)C(=O)CC(c1ccccc1)c1ccccc1. The van der Waals surface area contributed by atoms with E-state index in [1.807, 2.05) is 74.5 Å². The summed E-state index contributed by atoms with van der Waals surface area (Å²) in [6.45, 7) is 3.73. The minimum Gasteiger partial charge on any atom is -0.368 e. The highest BCUT2D eigenvalue weighted by atomic mass is 16.2. The van der Waals surface area contributed by atoms with Crippen molar-refractivity contribution in [2.45, 2.75) is 32.2 Å². The van der Waals surface area contributed by atoms with Gasteiger partial charge in [-0.05, 0) is 25.0 Å². The molecule has 4 nitrogen and oxygen atoms in total. The number of nitrogens with zero attached hydrogens (tertiary/aromatic N) is 1. The molecule has 0 spiro atoms. The molecule has 126 valence electrons. The Labute approximate surface area is 143 Å². The minimum atomic E-state index is -0.493. The van der Waals surface area contributed by atoms with Crippen LogP contribution in [0.4, 0.5) is 0 Å². The van der Waals surface area contributed by atoms with Crippen LogP contribution in [0, 0.1) is 0 Å². The van der Waals surface area contributed by atoms with Crippen molar-refractivity contribution in [3.8, 4) is 0 Å². The average Bonchev–Trinajstić information content (AvgIpc) is 2.58. The fraction of sp³-hybridized carbons (Fsp3) is 0.300. The van der Waals surface area contributed by atoms with Gasteiger partial charge in [-0.1, -0.05) is 60.7 Å². The normalized spacial score (nSPS) is 10.8. The molecule has 2 N–H and O–H groups in total. The summed E-state index contributed by atoms with van der Waals surface area (Å²) in [7, 11) is 0. The summed E-state index contributed by atoms with van der Waals surface area (Å²) in [5, 5.41) is 0. The van der Waals surface area contributed by atoms with Gasteiger partial charge < -0.3 is 10.6 Å². The van der Waals surface area contributed by atoms with Crippen LogP contribution in [0.2, 0.25) is 0 Å². The number of hydrogen-bond acceptors (Lipinski definition) is 2. The van der Waals surface area contributed by atoms with Gasteiger partial charge >= 0.3 is 0 Å². The highest BCUT2D eigenvalue weighted by molar-refractivity contribution is 5.84. The van der Waals surface area contributed by atoms with E-state index in [0.29, 0.717) is 6.42 Å². The van der Waals surface area contributed by atoms with Crippen molar-refractivity contribution in [2.75, 3.05) is 6.54 Å². The number of hydrogen-bond donors (Lipinski definition) is 1. The van der Waals surface area contributed by atoms with Gasteiger partial charge in [0.2, 0.25) is 11.8 Å². The third-order valence-electron chi connectivity index (χ3n) is 4.05. The first-order valence-electron chi connectivity index (χ1n) is 8.16. The molecule has 24 heavy (non-hydrogen) atoms. The quantitative estimate of drug-likeness (QED) is 0.851. The summed E-state index contributed by atoms with van der Waals surface area (Å²) in [5.41, 5.74) is 7.46. The summed E-state index contributed by atoms with van der Waals surface area (Å²) < 4.78 is 0. The van der Waals surface area contributed by atoms with E-state index in [9.17, 15) is 9.59 Å². The van der Waals surface area contributed by atoms with Gasteiger partial charge in [0.1, 0.15) is 0 Å². The third-order valence-corrected chi connectivity index (χ3v) is 4.05. The van der Waals surface area contributed by atoms with E-state index in [1.165, 1.54) is 0 Å². The van der Waals surface area contributed by atoms with E-state index in [1.54, 1.807) is 4.90 Å². The first-order valence-corrected chi connectivity index (χ1v) is 8.16. The molecular formula is C20H24N2O2. The van der Waals surface area contributed by atoms with Gasteiger partial charge in [0, 0.05) is 18.4 Å². The summed E-state index contributed by atoms with van der Waals surface area (Å²) in [6, 6.07) is 19.8. The van der Waals surface area contributed by atoms with Crippen LogP contribution in [0.25, 0.3) is 0 Å². The summed E-state index contributed by atoms with van der Waals surface area (Å²) >= 11 is 0. The molecule has 0 bridgehead atoms. The molecule has 0 saturated carbocycles. The van der Waals surface area contributed by atoms with Crippen LogP contribution in [0.15, 0.2) is 60.7 Å². The second-order valence-corrected chi connectivity index (χ2v) is 6.16. The summed E-state index contributed by atoms with van der Waals surface area (Å²) in [4.78, 5) is 25.6. The lowest BCUT2D eigenvalue weighted by molar-refractivity contribution is -0.137. The van der Waals surface area contributed by atoms with Crippen LogP contribution in [0.3, 0.4) is 0 Å². The fourth-order valence-corrected chi connectivity index (χ4v) is 2.82. The van der Waals surface area contributed by atoms with Crippen LogP contribution >= 0.6 is 0 Å². The Kier molecular flexibility index (Phi) is 6.13. The maximum atomic E-state index is 12.8. The smallest absolute Gasteiger partial charge is 0.237 e. The Morgan fingerprint density at radius 1 is 0.917 bits per heavy atom. The van der Waals surface area contributed by atoms with Gasteiger partial charge in [0.25, 0.3) is 0 Å². The Balaban J connectivity index is 2.28. The Morgan fingerprint density at radius 3 is 1.75 bits per heavy atom. The Morgan fingerprint density at radius 2 is 1.38 bits per heavy atom. The first kappa shape index (κ1) is 17.7. The van der Waals surface area contributed by atoms with Crippen molar-refractivity contribution >= 4 is 11.8 Å². The predicted molar refractivity (Wildman–Crippen MR) is 95.4 cm³/mol. The largest absolute Gasteiger partial charge is 0.368 e. The zero-order chi connectivity index (χ0) is 17.5. The lowest BCUT2D eigenvalue weighted by atomic mass is 9.88. The van der Waals surface area contributed by atoms with Crippen LogP contribution in [-0.4, -0.2) is 29.3 Å². The minimum absolute atomic E-state index is 0.0472. The van der Waals surface area contributed by atoms with Gasteiger partial charge in [0.15, 0.2) is 0 Å². The molecule has 0 aliphatic rings. The number of benzene rings is 2. The van der Waals surface area contributed by atoms with Crippen LogP contribution < -0.4 is 5.73 Å². The molecule has 2 aromatic rings. The van der Waals surface area contributed by atoms with Crippen LogP contribution in [-0.2, 0) is 9.59 Å². The van der Waals surface area contributed by atoms with Crippen molar-refractivity contribution in [1.82, 2.24) is 4.90 Å². The second kappa shape index (κ2) is 8.29. The Hall–Kier alpha value is -2.62. The molecule has 0 unspecified atom stereocenters. The van der Waals surface area contributed by atoms with E-state index >= 15 is 0 Å². The summed E-state index contributed by atoms with van der Waals surface area (Å²) in [5.74, 6) is -0.608. The molecular weight excluding hydrogens is 300 g/mol. The number of primary amides is 1. The standard InChI is InChI=1S/C20H24N2O2/c1-15(2)22(14-19(21)23)20(24)13-18(16-9-5-3-6-10-16)17-11-7-4-8-12-17/h3-12,15,18H,13-14H2,1-2H3,(H2,21,23). The van der Waals surface area contributed by atoms with Crippen LogP contribution in [0.5, 0.6) is 0 Å². The maximum absolute atomic E-state index is 12.8. The molecule has 2 amide bonds. The van der Waals surface area contributed by atoms with Gasteiger partial charge in [0.05, 0.1) is 6.54 Å². The highest BCUT2D eigenvalue weighted by Gasteiger charge is 2.24. The van der Waals surface area contributed by atoms with Gasteiger partial charge in [-0.15, -0.1) is 0 Å². The average molecular weight is 324 g/mol. The topological polar surface area (TPSA) is 63.4 Å².